The van der Waals surface area contributed by atoms with Crippen LogP contribution >= 0.6 is 0 Å². The van der Waals surface area contributed by atoms with Gasteiger partial charge in [-0.05, 0) is 35.4 Å². The van der Waals surface area contributed by atoms with Crippen molar-refractivity contribution in [3.05, 3.63) is 65.4 Å². The van der Waals surface area contributed by atoms with Gasteiger partial charge in [-0.25, -0.2) is 4.79 Å². The van der Waals surface area contributed by atoms with Crippen LogP contribution in [0.25, 0.3) is 10.9 Å². The third kappa shape index (κ3) is 8.12. The minimum Gasteiger partial charge on any atom is -0.542 e. The molecule has 1 heterocycles. The third-order valence-electron chi connectivity index (χ3n) is 5.15. The monoisotopic (exact) mass is 549 g/mol. The van der Waals surface area contributed by atoms with Gasteiger partial charge < -0.3 is 36.1 Å². The molecule has 38 heavy (non-hydrogen) atoms. The van der Waals surface area contributed by atoms with Crippen LogP contribution < -0.4 is 16.2 Å². The van der Waals surface area contributed by atoms with Gasteiger partial charge in [0, 0.05) is 29.9 Å². The van der Waals surface area contributed by atoms with E-state index >= 15 is 0 Å². The number of carboxylic acids is 2. The predicted molar refractivity (Wildman–Crippen MR) is 116 cm³/mol. The molecule has 0 radical (unpaired) electrons. The number of quaternary nitrogens is 1. The Morgan fingerprint density at radius 2 is 1.58 bits per heavy atom. The smallest absolute Gasteiger partial charge is 0.430 e. The van der Waals surface area contributed by atoms with Gasteiger partial charge in [0.1, 0.15) is 17.8 Å². The fraction of sp³-hybridized carbons (Fsp3) is 0.261. The van der Waals surface area contributed by atoms with E-state index in [1.165, 1.54) is 30.5 Å². The molecule has 0 aliphatic rings. The molecule has 0 aliphatic heterocycles. The number of halogens is 6. The molecule has 0 fully saturated rings. The Bertz CT molecular complexity index is 1290. The summed E-state index contributed by atoms with van der Waals surface area (Å²) < 4.78 is 71.7. The average molecular weight is 549 g/mol. The maximum atomic E-state index is 13.4. The van der Waals surface area contributed by atoms with Crippen molar-refractivity contribution in [2.75, 3.05) is 0 Å². The highest BCUT2D eigenvalue weighted by molar-refractivity contribution is 5.89. The minimum atomic E-state index is -5.19. The van der Waals surface area contributed by atoms with Gasteiger partial charge in [-0.1, -0.05) is 18.2 Å². The number of hydrogen-bond donors (Lipinski definition) is 5. The lowest BCUT2D eigenvalue weighted by Crippen LogP contribution is -2.69. The standard InChI is InChI=1S/C21H20F3N3O4.C2HF3O2/c22-21(23,24)14-2-1-3-16-18(14)12(10-26-16)9-17(20(30)31)27-19(29)15(25)8-11-4-6-13(28)7-5-11;3-2(4,5)1(6)7/h1-7,10,15,17,26,28H,8-9,25H2,(H,27,29)(H,30,31);(H,6,7)/t15-,17+;/m1./s1. The summed E-state index contributed by atoms with van der Waals surface area (Å²) in [7, 11) is 0. The minimum absolute atomic E-state index is 0.0664. The van der Waals surface area contributed by atoms with E-state index in [4.69, 9.17) is 9.90 Å². The average Bonchev–Trinajstić information content (AvgIpc) is 3.22. The van der Waals surface area contributed by atoms with Gasteiger partial charge in [-0.15, -0.1) is 0 Å². The molecule has 0 bridgehead atoms. The molecule has 2 atom stereocenters. The Morgan fingerprint density at radius 1 is 1.00 bits per heavy atom. The number of benzene rings is 2. The molecule has 9 nitrogen and oxygen atoms in total. The summed E-state index contributed by atoms with van der Waals surface area (Å²) in [4.78, 5) is 35.7. The first-order chi connectivity index (χ1) is 17.5. The molecule has 2 aromatic carbocycles. The second-order valence-corrected chi connectivity index (χ2v) is 8.00. The van der Waals surface area contributed by atoms with Crippen LogP contribution in [0.15, 0.2) is 48.7 Å². The lowest BCUT2D eigenvalue weighted by Gasteiger charge is -2.17. The van der Waals surface area contributed by atoms with Gasteiger partial charge in [0.25, 0.3) is 5.91 Å². The van der Waals surface area contributed by atoms with E-state index in [1.807, 2.05) is 0 Å². The first-order valence-electron chi connectivity index (χ1n) is 10.6. The second kappa shape index (κ2) is 11.9. The number of rotatable bonds is 7. The largest absolute Gasteiger partial charge is 0.542 e. The maximum Gasteiger partial charge on any atom is 0.430 e. The summed E-state index contributed by atoms with van der Waals surface area (Å²) in [5, 5.41) is 29.9. The number of amides is 1. The number of carbonyl (C=O) groups excluding carboxylic acids is 2. The van der Waals surface area contributed by atoms with Crippen molar-refractivity contribution >= 4 is 28.7 Å². The molecule has 3 aromatic rings. The van der Waals surface area contributed by atoms with Crippen LogP contribution in [-0.4, -0.2) is 51.3 Å². The molecule has 0 aliphatic carbocycles. The van der Waals surface area contributed by atoms with Crippen molar-refractivity contribution in [1.29, 1.82) is 0 Å². The van der Waals surface area contributed by atoms with Crippen molar-refractivity contribution in [1.82, 2.24) is 10.3 Å². The predicted octanol–water partition coefficient (Wildman–Crippen LogP) is 1.16. The number of aromatic nitrogens is 1. The maximum absolute atomic E-state index is 13.4. The number of phenols is 1. The van der Waals surface area contributed by atoms with Crippen molar-refractivity contribution in [2.45, 2.75) is 37.3 Å². The fourth-order valence-corrected chi connectivity index (χ4v) is 3.37. The van der Waals surface area contributed by atoms with Crippen molar-refractivity contribution in [2.24, 2.45) is 0 Å². The summed E-state index contributed by atoms with van der Waals surface area (Å²) in [6.07, 6.45) is -8.62. The number of hydrogen-bond acceptors (Lipinski definition) is 5. The Labute approximate surface area is 209 Å². The molecule has 0 saturated carbocycles. The van der Waals surface area contributed by atoms with E-state index in [0.717, 1.165) is 6.07 Å². The van der Waals surface area contributed by atoms with Gasteiger partial charge in [0.05, 0.1) is 5.56 Å². The first kappa shape index (κ1) is 30.0. The molecule has 206 valence electrons. The summed E-state index contributed by atoms with van der Waals surface area (Å²) in [6.45, 7) is 0. The zero-order valence-corrected chi connectivity index (χ0v) is 19.2. The van der Waals surface area contributed by atoms with Crippen LogP contribution in [0.4, 0.5) is 26.3 Å². The fourth-order valence-electron chi connectivity index (χ4n) is 3.37. The number of aromatic hydroxyl groups is 1. The van der Waals surface area contributed by atoms with Crippen LogP contribution in [-0.2, 0) is 33.4 Å². The van der Waals surface area contributed by atoms with Gasteiger partial charge in [-0.3, -0.25) is 4.79 Å². The van der Waals surface area contributed by atoms with Crippen LogP contribution in [0, 0.1) is 0 Å². The third-order valence-corrected chi connectivity index (χ3v) is 5.15. The number of phenolic OH excluding ortho intramolecular Hbond substituents is 1. The summed E-state index contributed by atoms with van der Waals surface area (Å²) in [6, 6.07) is 7.52. The summed E-state index contributed by atoms with van der Waals surface area (Å²) in [5.41, 5.74) is 3.94. The van der Waals surface area contributed by atoms with Crippen molar-refractivity contribution in [3.8, 4) is 5.75 Å². The number of carboxylic acid groups (broad SMARTS) is 2. The van der Waals surface area contributed by atoms with E-state index in [0.29, 0.717) is 5.56 Å². The van der Waals surface area contributed by atoms with Crippen LogP contribution in [0.3, 0.4) is 0 Å². The van der Waals surface area contributed by atoms with E-state index in [9.17, 15) is 46.1 Å². The number of fused-ring (bicyclic) bond motifs is 1. The topological polar surface area (TPSA) is 170 Å². The van der Waals surface area contributed by atoms with Crippen LogP contribution in [0.1, 0.15) is 16.7 Å². The molecule has 3 rings (SSSR count). The Hall–Kier alpha value is -4.27. The number of H-pyrrole nitrogens is 1. The quantitative estimate of drug-likeness (QED) is 0.277. The number of nitrogens with one attached hydrogen (secondary N) is 2. The van der Waals surface area contributed by atoms with Crippen molar-refractivity contribution < 1.29 is 61.8 Å². The van der Waals surface area contributed by atoms with Gasteiger partial charge in [0.15, 0.2) is 6.04 Å². The van der Waals surface area contributed by atoms with Gasteiger partial charge >= 0.3 is 18.3 Å². The molecule has 0 spiro atoms. The normalized spacial score (nSPS) is 13.2. The molecule has 1 amide bonds. The highest BCUT2D eigenvalue weighted by Crippen LogP contribution is 2.36. The number of aromatic amines is 1. The second-order valence-electron chi connectivity index (χ2n) is 8.00. The Kier molecular flexibility index (Phi) is 9.34. The van der Waals surface area contributed by atoms with E-state index in [1.54, 1.807) is 12.1 Å². The lowest BCUT2D eigenvalue weighted by molar-refractivity contribution is -0.403. The number of aliphatic carboxylic acids is 2. The summed E-state index contributed by atoms with van der Waals surface area (Å²) >= 11 is 0. The molecule has 0 unspecified atom stereocenters. The van der Waals surface area contributed by atoms with Gasteiger partial charge in [0.2, 0.25) is 0 Å². The van der Waals surface area contributed by atoms with E-state index < -0.39 is 47.8 Å². The zero-order valence-electron chi connectivity index (χ0n) is 19.2. The Morgan fingerprint density at radius 3 is 2.08 bits per heavy atom. The molecule has 1 aromatic heterocycles. The van der Waals surface area contributed by atoms with E-state index in [-0.39, 0.29) is 35.1 Å². The number of carbonyl (C=O) groups is 3. The first-order valence-corrected chi connectivity index (χ1v) is 10.6. The zero-order chi connectivity index (χ0) is 28.8. The number of alkyl halides is 6. The highest BCUT2D eigenvalue weighted by atomic mass is 19.4. The Balaban J connectivity index is 0.000000638. The van der Waals surface area contributed by atoms with Gasteiger partial charge in [-0.2, -0.15) is 26.3 Å². The highest BCUT2D eigenvalue weighted by Gasteiger charge is 2.34. The van der Waals surface area contributed by atoms with Crippen LogP contribution in [0.5, 0.6) is 5.75 Å². The molecular weight excluding hydrogens is 528 g/mol. The lowest BCUT2D eigenvalue weighted by atomic mass is 10.00. The summed E-state index contributed by atoms with van der Waals surface area (Å²) in [5.74, 6) is -4.95. The molecule has 15 heteroatoms. The molecule has 0 saturated heterocycles. The SMILES string of the molecule is O=C([O-])C(F)(F)F.[NH3+][C@H](Cc1ccc(O)cc1)C(=O)N[C@@H](Cc1c[nH]c2cccc(C(F)(F)F)c12)C(=O)O. The molecular formula is C23H21F6N3O6. The van der Waals surface area contributed by atoms with Crippen LogP contribution in [0.2, 0.25) is 0 Å². The van der Waals surface area contributed by atoms with Crippen molar-refractivity contribution in [3.63, 3.8) is 0 Å². The van der Waals surface area contributed by atoms with E-state index in [2.05, 4.69) is 16.0 Å². The molecule has 7 N–H and O–H groups in total.